The molecular formula is C25H22N6O7. The Bertz CT molecular complexity index is 1540. The molecule has 0 amide bonds. The molecule has 194 valence electrons. The predicted octanol–water partition coefficient (Wildman–Crippen LogP) is 3.94. The van der Waals surface area contributed by atoms with Crippen molar-refractivity contribution in [1.29, 1.82) is 0 Å². The van der Waals surface area contributed by atoms with E-state index in [2.05, 4.69) is 15.5 Å². The van der Waals surface area contributed by atoms with Gasteiger partial charge in [0.2, 0.25) is 11.6 Å². The number of rotatable bonds is 8. The van der Waals surface area contributed by atoms with Crippen molar-refractivity contribution in [1.82, 2.24) is 20.2 Å². The lowest BCUT2D eigenvalue weighted by atomic mass is 10.1. The molecule has 0 N–H and O–H groups in total. The molecule has 1 aliphatic rings. The summed E-state index contributed by atoms with van der Waals surface area (Å²) in [6, 6.07) is 13.0. The summed E-state index contributed by atoms with van der Waals surface area (Å²) in [6.07, 6.45) is 0. The fraction of sp³-hybridized carbons (Fsp3) is 0.200. The van der Waals surface area contributed by atoms with Gasteiger partial charge in [-0.2, -0.15) is 0 Å². The summed E-state index contributed by atoms with van der Waals surface area (Å²) in [4.78, 5) is 15.7. The fourth-order valence-electron chi connectivity index (χ4n) is 4.13. The quantitative estimate of drug-likeness (QED) is 0.219. The molecule has 0 aliphatic carbocycles. The maximum Gasteiger partial charge on any atom is 0.271 e. The highest BCUT2D eigenvalue weighted by Gasteiger charge is 2.28. The maximum absolute atomic E-state index is 11.4. The molecule has 1 aliphatic heterocycles. The first-order valence-corrected chi connectivity index (χ1v) is 11.2. The van der Waals surface area contributed by atoms with E-state index < -0.39 is 4.92 Å². The van der Waals surface area contributed by atoms with Crippen LogP contribution in [-0.4, -0.2) is 59.3 Å². The molecule has 2 heterocycles. The van der Waals surface area contributed by atoms with Gasteiger partial charge in [0.25, 0.3) is 5.69 Å². The van der Waals surface area contributed by atoms with Gasteiger partial charge >= 0.3 is 0 Å². The summed E-state index contributed by atoms with van der Waals surface area (Å²) >= 11 is 0. The minimum absolute atomic E-state index is 0.134. The smallest absolute Gasteiger partial charge is 0.271 e. The van der Waals surface area contributed by atoms with E-state index >= 15 is 0 Å². The fourth-order valence-corrected chi connectivity index (χ4v) is 4.13. The molecule has 0 fully saturated rings. The van der Waals surface area contributed by atoms with E-state index in [0.29, 0.717) is 45.8 Å². The van der Waals surface area contributed by atoms with Crippen molar-refractivity contribution in [3.63, 3.8) is 0 Å². The highest BCUT2D eigenvalue weighted by atomic mass is 16.6. The first-order chi connectivity index (χ1) is 18.5. The van der Waals surface area contributed by atoms with Gasteiger partial charge in [-0.25, -0.2) is 9.67 Å². The number of hydrogen-bond acceptors (Lipinski definition) is 11. The number of tetrazole rings is 1. The molecule has 0 spiro atoms. The van der Waals surface area contributed by atoms with Crippen molar-refractivity contribution in [3.05, 3.63) is 75.6 Å². The molecule has 0 saturated carbocycles. The Balaban J connectivity index is 1.67. The monoisotopic (exact) mass is 518 g/mol. The number of non-ortho nitro benzene ring substituents is 1. The van der Waals surface area contributed by atoms with E-state index in [1.165, 1.54) is 51.3 Å². The second-order valence-corrected chi connectivity index (χ2v) is 8.00. The Hall–Kier alpha value is -5.20. The predicted molar refractivity (Wildman–Crippen MR) is 134 cm³/mol. The van der Waals surface area contributed by atoms with Crippen molar-refractivity contribution in [2.75, 3.05) is 28.4 Å². The SMILES string of the molecule is COc1cc(Cn2nnnc2C2=Nc3cc([N+](=O)[O-])ccc3Oc3cccc(OC)c32)cc(OC)c1OC. The number of nitrogens with zero attached hydrogens (tertiary/aromatic N) is 6. The zero-order valence-corrected chi connectivity index (χ0v) is 20.9. The number of hydrogen-bond donors (Lipinski definition) is 0. The Morgan fingerprint density at radius 3 is 2.32 bits per heavy atom. The number of ether oxygens (including phenoxy) is 5. The molecule has 0 bridgehead atoms. The number of benzene rings is 3. The Morgan fingerprint density at radius 2 is 1.66 bits per heavy atom. The number of aromatic nitrogens is 4. The van der Waals surface area contributed by atoms with Crippen LogP contribution in [-0.2, 0) is 6.54 Å². The maximum atomic E-state index is 11.4. The molecule has 3 aromatic carbocycles. The van der Waals surface area contributed by atoms with Gasteiger partial charge in [0.15, 0.2) is 17.2 Å². The average molecular weight is 518 g/mol. The van der Waals surface area contributed by atoms with Gasteiger partial charge in [-0.3, -0.25) is 10.1 Å². The molecule has 0 radical (unpaired) electrons. The van der Waals surface area contributed by atoms with Crippen molar-refractivity contribution in [2.24, 2.45) is 4.99 Å². The van der Waals surface area contributed by atoms with Crippen LogP contribution in [0, 0.1) is 10.1 Å². The summed E-state index contributed by atoms with van der Waals surface area (Å²) in [5.41, 5.74) is 1.68. The minimum Gasteiger partial charge on any atom is -0.496 e. The van der Waals surface area contributed by atoms with Crippen LogP contribution in [0.1, 0.15) is 17.0 Å². The van der Waals surface area contributed by atoms with E-state index in [-0.39, 0.29) is 23.7 Å². The van der Waals surface area contributed by atoms with Crippen molar-refractivity contribution in [3.8, 4) is 34.5 Å². The van der Waals surface area contributed by atoms with E-state index in [4.69, 9.17) is 28.7 Å². The third kappa shape index (κ3) is 4.30. The van der Waals surface area contributed by atoms with E-state index in [0.717, 1.165) is 5.56 Å². The summed E-state index contributed by atoms with van der Waals surface area (Å²) in [5.74, 6) is 2.92. The van der Waals surface area contributed by atoms with E-state index in [1.807, 2.05) is 0 Å². The Kier molecular flexibility index (Phi) is 6.47. The first-order valence-electron chi connectivity index (χ1n) is 11.2. The van der Waals surface area contributed by atoms with Crippen LogP contribution in [0.2, 0.25) is 0 Å². The first kappa shape index (κ1) is 24.5. The molecule has 0 atom stereocenters. The number of nitro groups is 1. The average Bonchev–Trinajstić information content (AvgIpc) is 3.31. The molecule has 38 heavy (non-hydrogen) atoms. The second-order valence-electron chi connectivity index (χ2n) is 8.00. The van der Waals surface area contributed by atoms with Gasteiger partial charge in [0.1, 0.15) is 22.9 Å². The summed E-state index contributed by atoms with van der Waals surface area (Å²) in [6.45, 7) is 0.213. The van der Waals surface area contributed by atoms with Crippen LogP contribution < -0.4 is 23.7 Å². The molecule has 13 nitrogen and oxygen atoms in total. The number of fused-ring (bicyclic) bond motifs is 2. The lowest BCUT2D eigenvalue weighted by molar-refractivity contribution is -0.384. The van der Waals surface area contributed by atoms with Crippen molar-refractivity contribution < 1.29 is 28.6 Å². The van der Waals surface area contributed by atoms with Gasteiger partial charge < -0.3 is 23.7 Å². The Labute approximate surface area is 216 Å². The van der Waals surface area contributed by atoms with Gasteiger partial charge in [0.05, 0.1) is 45.5 Å². The van der Waals surface area contributed by atoms with Gasteiger partial charge in [-0.15, -0.1) is 5.10 Å². The van der Waals surface area contributed by atoms with Gasteiger partial charge in [-0.1, -0.05) is 6.07 Å². The second kappa shape index (κ2) is 10.0. The van der Waals surface area contributed by atoms with Crippen LogP contribution in [0.4, 0.5) is 11.4 Å². The molecule has 0 saturated heterocycles. The van der Waals surface area contributed by atoms with Crippen LogP contribution in [0.15, 0.2) is 53.5 Å². The molecule has 4 aromatic rings. The largest absolute Gasteiger partial charge is 0.496 e. The standard InChI is InChI=1S/C25H22N6O7/c1-34-18-6-5-7-19-22(18)23(26-16-12-15(31(32)33)8-9-17(16)38-19)25-27-28-29-30(25)13-14-10-20(35-2)24(37-4)21(11-14)36-3/h5-12H,13H2,1-4H3. The number of nitro benzene ring substituents is 1. The third-order valence-corrected chi connectivity index (χ3v) is 5.85. The lowest BCUT2D eigenvalue weighted by Crippen LogP contribution is -2.16. The van der Waals surface area contributed by atoms with Crippen molar-refractivity contribution in [2.45, 2.75) is 6.54 Å². The molecule has 13 heteroatoms. The van der Waals surface area contributed by atoms with Gasteiger partial charge in [-0.05, 0) is 46.3 Å². The molecule has 0 unspecified atom stereocenters. The Morgan fingerprint density at radius 1 is 0.921 bits per heavy atom. The van der Waals surface area contributed by atoms with E-state index in [1.54, 1.807) is 30.3 Å². The van der Waals surface area contributed by atoms with Crippen LogP contribution in [0.3, 0.4) is 0 Å². The van der Waals surface area contributed by atoms with Crippen LogP contribution in [0.25, 0.3) is 0 Å². The minimum atomic E-state index is -0.497. The highest BCUT2D eigenvalue weighted by Crippen LogP contribution is 2.43. The topological polar surface area (TPSA) is 145 Å². The zero-order chi connectivity index (χ0) is 26.8. The molecular weight excluding hydrogens is 496 g/mol. The third-order valence-electron chi connectivity index (χ3n) is 5.85. The summed E-state index contributed by atoms with van der Waals surface area (Å²) in [7, 11) is 6.11. The highest BCUT2D eigenvalue weighted by molar-refractivity contribution is 6.15. The summed E-state index contributed by atoms with van der Waals surface area (Å²) in [5, 5.41) is 23.7. The number of aliphatic imine (C=N–C) groups is 1. The molecule has 5 rings (SSSR count). The van der Waals surface area contributed by atoms with E-state index in [9.17, 15) is 10.1 Å². The normalized spacial score (nSPS) is 11.8. The zero-order valence-electron chi connectivity index (χ0n) is 20.9. The summed E-state index contributed by atoms with van der Waals surface area (Å²) < 4.78 is 29.6. The van der Waals surface area contributed by atoms with Crippen LogP contribution in [0.5, 0.6) is 34.5 Å². The lowest BCUT2D eigenvalue weighted by Gasteiger charge is -2.15. The van der Waals surface area contributed by atoms with Gasteiger partial charge in [0, 0.05) is 12.1 Å². The van der Waals surface area contributed by atoms with Crippen LogP contribution >= 0.6 is 0 Å². The molecule has 1 aromatic heterocycles. The number of methoxy groups -OCH3 is 4. The van der Waals surface area contributed by atoms with Crippen molar-refractivity contribution >= 4 is 17.1 Å².